The van der Waals surface area contributed by atoms with Gasteiger partial charge in [0.2, 0.25) is 0 Å². The molecule has 0 saturated heterocycles. The molecule has 1 aromatic rings. The first-order valence-electron chi connectivity index (χ1n) is 6.40. The lowest BCUT2D eigenvalue weighted by Crippen LogP contribution is -2.34. The number of aliphatic hydroxyl groups excluding tert-OH is 1. The molecule has 0 bridgehead atoms. The Bertz CT molecular complexity index is 433. The summed E-state index contributed by atoms with van der Waals surface area (Å²) in [6.45, 7) is 1.18. The highest BCUT2D eigenvalue weighted by atomic mass is 32.1. The zero-order valence-electron chi connectivity index (χ0n) is 10.7. The van der Waals surface area contributed by atoms with Crippen molar-refractivity contribution in [1.82, 2.24) is 4.98 Å². The summed E-state index contributed by atoms with van der Waals surface area (Å²) in [6.07, 6.45) is -1.92. The normalized spacial score (nSPS) is 19.3. The molecule has 1 unspecified atom stereocenters. The van der Waals surface area contributed by atoms with E-state index in [9.17, 15) is 18.3 Å². The first-order valence-corrected chi connectivity index (χ1v) is 7.21. The molecule has 0 aliphatic heterocycles. The molecule has 0 spiro atoms. The lowest BCUT2D eigenvalue weighted by Gasteiger charge is -2.22. The van der Waals surface area contributed by atoms with Crippen molar-refractivity contribution in [3.05, 3.63) is 10.6 Å². The van der Waals surface area contributed by atoms with E-state index in [0.717, 1.165) is 17.7 Å². The van der Waals surface area contributed by atoms with Crippen molar-refractivity contribution >= 4 is 16.5 Å². The van der Waals surface area contributed by atoms with Crippen LogP contribution >= 0.6 is 11.3 Å². The zero-order chi connectivity index (χ0) is 14.0. The van der Waals surface area contributed by atoms with E-state index in [1.54, 1.807) is 0 Å². The molecule has 7 heteroatoms. The molecule has 1 heterocycles. The molecule has 0 saturated carbocycles. The first-order chi connectivity index (χ1) is 8.90. The van der Waals surface area contributed by atoms with Crippen molar-refractivity contribution in [3.8, 4) is 0 Å². The molecule has 0 amide bonds. The molecule has 108 valence electrons. The number of aromatic nitrogens is 1. The number of anilines is 1. The zero-order valence-corrected chi connectivity index (χ0v) is 11.5. The van der Waals surface area contributed by atoms with Gasteiger partial charge in [-0.1, -0.05) is 6.92 Å². The van der Waals surface area contributed by atoms with Gasteiger partial charge in [0.15, 0.2) is 5.13 Å². The third kappa shape index (κ3) is 3.60. The SMILES string of the molecule is CCCN(CC(F)(F)F)c1nc2c(s1)CCCC2O. The molecule has 0 fully saturated rings. The number of thiazole rings is 1. The highest BCUT2D eigenvalue weighted by Gasteiger charge is 2.33. The van der Waals surface area contributed by atoms with Crippen LogP contribution in [0.3, 0.4) is 0 Å². The third-order valence-corrected chi connectivity index (χ3v) is 4.24. The fraction of sp³-hybridized carbons (Fsp3) is 0.750. The van der Waals surface area contributed by atoms with Crippen LogP contribution in [0.25, 0.3) is 0 Å². The summed E-state index contributed by atoms with van der Waals surface area (Å²) in [5, 5.41) is 10.2. The van der Waals surface area contributed by atoms with Crippen LogP contribution in [0.4, 0.5) is 18.3 Å². The molecule has 0 aromatic carbocycles. The topological polar surface area (TPSA) is 36.4 Å². The fourth-order valence-corrected chi connectivity index (χ4v) is 3.43. The van der Waals surface area contributed by atoms with Gasteiger partial charge >= 0.3 is 6.18 Å². The van der Waals surface area contributed by atoms with E-state index in [4.69, 9.17) is 0 Å². The number of alkyl halides is 3. The predicted octanol–water partition coefficient (Wildman–Crippen LogP) is 3.29. The van der Waals surface area contributed by atoms with Gasteiger partial charge in [-0.05, 0) is 25.7 Å². The van der Waals surface area contributed by atoms with Gasteiger partial charge in [0.1, 0.15) is 6.54 Å². The number of hydrogen-bond acceptors (Lipinski definition) is 4. The molecule has 0 radical (unpaired) electrons. The summed E-state index contributed by atoms with van der Waals surface area (Å²) in [5.74, 6) is 0. The molecule has 1 aromatic heterocycles. The van der Waals surface area contributed by atoms with Gasteiger partial charge in [-0.2, -0.15) is 13.2 Å². The Morgan fingerprint density at radius 1 is 1.47 bits per heavy atom. The molecule has 1 aliphatic rings. The van der Waals surface area contributed by atoms with E-state index in [1.165, 1.54) is 16.2 Å². The van der Waals surface area contributed by atoms with Gasteiger partial charge in [0.05, 0.1) is 11.8 Å². The Labute approximate surface area is 114 Å². The van der Waals surface area contributed by atoms with E-state index >= 15 is 0 Å². The minimum Gasteiger partial charge on any atom is -0.387 e. The number of rotatable bonds is 4. The van der Waals surface area contributed by atoms with Crippen molar-refractivity contribution < 1.29 is 18.3 Å². The molecule has 3 nitrogen and oxygen atoms in total. The van der Waals surface area contributed by atoms with Crippen molar-refractivity contribution in [3.63, 3.8) is 0 Å². The Morgan fingerprint density at radius 2 is 2.21 bits per heavy atom. The molecule has 2 rings (SSSR count). The van der Waals surface area contributed by atoms with E-state index in [0.29, 0.717) is 30.2 Å². The van der Waals surface area contributed by atoms with E-state index in [1.807, 2.05) is 6.92 Å². The smallest absolute Gasteiger partial charge is 0.387 e. The minimum absolute atomic E-state index is 0.321. The van der Waals surface area contributed by atoms with Crippen molar-refractivity contribution in [2.24, 2.45) is 0 Å². The monoisotopic (exact) mass is 294 g/mol. The fourth-order valence-electron chi connectivity index (χ4n) is 2.25. The van der Waals surface area contributed by atoms with Crippen LogP contribution in [0, 0.1) is 0 Å². The summed E-state index contributed by atoms with van der Waals surface area (Å²) < 4.78 is 37.7. The minimum atomic E-state index is -4.24. The standard InChI is InChI=1S/C12H17F3N2OS/c1-2-6-17(7-12(13,14)15)11-16-10-8(18)4-3-5-9(10)19-11/h8,18H,2-7H2,1H3. The Balaban J connectivity index is 2.22. The Hall–Kier alpha value is -0.820. The van der Waals surface area contributed by atoms with Gasteiger partial charge < -0.3 is 10.0 Å². The van der Waals surface area contributed by atoms with Crippen LogP contribution in [0.15, 0.2) is 0 Å². The molecular formula is C12H17F3N2OS. The average molecular weight is 294 g/mol. The first kappa shape index (κ1) is 14.6. The quantitative estimate of drug-likeness (QED) is 0.925. The van der Waals surface area contributed by atoms with Crippen LogP contribution in [0.1, 0.15) is 42.9 Å². The van der Waals surface area contributed by atoms with Crippen LogP contribution in [0.2, 0.25) is 0 Å². The van der Waals surface area contributed by atoms with Crippen LogP contribution in [-0.2, 0) is 6.42 Å². The second-order valence-electron chi connectivity index (χ2n) is 4.75. The maximum Gasteiger partial charge on any atom is 0.406 e. The highest BCUT2D eigenvalue weighted by molar-refractivity contribution is 7.15. The number of halogens is 3. The van der Waals surface area contributed by atoms with Crippen LogP contribution < -0.4 is 4.90 Å². The van der Waals surface area contributed by atoms with Crippen LogP contribution in [0.5, 0.6) is 0 Å². The summed E-state index contributed by atoms with van der Waals surface area (Å²) in [4.78, 5) is 6.42. The molecule has 1 atom stereocenters. The van der Waals surface area contributed by atoms with Gasteiger partial charge in [0.25, 0.3) is 0 Å². The number of aryl methyl sites for hydroxylation is 1. The van der Waals surface area contributed by atoms with Gasteiger partial charge in [-0.25, -0.2) is 4.98 Å². The molecule has 1 aliphatic carbocycles. The maximum absolute atomic E-state index is 12.6. The Kier molecular flexibility index (Phi) is 4.35. The Morgan fingerprint density at radius 3 is 2.79 bits per heavy atom. The van der Waals surface area contributed by atoms with E-state index in [2.05, 4.69) is 4.98 Å². The van der Waals surface area contributed by atoms with Crippen molar-refractivity contribution in [2.45, 2.75) is 44.9 Å². The number of hydrogen-bond donors (Lipinski definition) is 1. The van der Waals surface area contributed by atoms with Crippen molar-refractivity contribution in [2.75, 3.05) is 18.0 Å². The summed E-state index contributed by atoms with van der Waals surface area (Å²) in [7, 11) is 0. The average Bonchev–Trinajstić information content (AvgIpc) is 2.72. The number of fused-ring (bicyclic) bond motifs is 1. The second-order valence-corrected chi connectivity index (χ2v) is 5.81. The maximum atomic E-state index is 12.6. The van der Waals surface area contributed by atoms with E-state index in [-0.39, 0.29) is 0 Å². The van der Waals surface area contributed by atoms with Gasteiger partial charge in [0, 0.05) is 11.4 Å². The third-order valence-electron chi connectivity index (χ3n) is 3.05. The lowest BCUT2D eigenvalue weighted by atomic mass is 10.0. The molecule has 1 N–H and O–H groups in total. The predicted molar refractivity (Wildman–Crippen MR) is 68.6 cm³/mol. The second kappa shape index (κ2) is 5.66. The summed E-state index contributed by atoms with van der Waals surface area (Å²) in [5.41, 5.74) is 0.578. The number of aliphatic hydroxyl groups is 1. The van der Waals surface area contributed by atoms with Crippen molar-refractivity contribution in [1.29, 1.82) is 0 Å². The largest absolute Gasteiger partial charge is 0.406 e. The highest BCUT2D eigenvalue weighted by Crippen LogP contribution is 2.37. The van der Waals surface area contributed by atoms with Crippen LogP contribution in [-0.4, -0.2) is 29.4 Å². The lowest BCUT2D eigenvalue weighted by molar-refractivity contribution is -0.119. The molecular weight excluding hydrogens is 277 g/mol. The van der Waals surface area contributed by atoms with Gasteiger partial charge in [-0.3, -0.25) is 0 Å². The van der Waals surface area contributed by atoms with Gasteiger partial charge in [-0.15, -0.1) is 11.3 Å². The van der Waals surface area contributed by atoms with E-state index < -0.39 is 18.8 Å². The molecule has 19 heavy (non-hydrogen) atoms. The summed E-state index contributed by atoms with van der Waals surface area (Å²) in [6, 6.07) is 0. The number of nitrogens with zero attached hydrogens (tertiary/aromatic N) is 2. The summed E-state index contributed by atoms with van der Waals surface area (Å²) >= 11 is 1.28.